The third kappa shape index (κ3) is 16.5. The molecule has 1 aromatic heterocycles. The maximum atomic E-state index is 13.9. The van der Waals surface area contributed by atoms with Gasteiger partial charge in [0.2, 0.25) is 17.7 Å². The lowest BCUT2D eigenvalue weighted by Crippen LogP contribution is -2.58. The number of nitrogens with zero attached hydrogens (tertiary/aromatic N) is 5. The smallest absolute Gasteiger partial charge is 0.417 e. The second-order valence-electron chi connectivity index (χ2n) is 20.2. The van der Waals surface area contributed by atoms with E-state index in [0.717, 1.165) is 51.6 Å². The molecule has 2 fully saturated rings. The molecular formula is C55H68F3N7O11S2. The number of carbonyl (C=O) groups excluding carboxylic acids is 4. The zero-order valence-electron chi connectivity index (χ0n) is 44.7. The second-order valence-corrected chi connectivity index (χ2v) is 21.4. The predicted molar refractivity (Wildman–Crippen MR) is 290 cm³/mol. The number of aryl methyl sites for hydroxylation is 1. The van der Waals surface area contributed by atoms with Gasteiger partial charge in [0.15, 0.2) is 5.11 Å². The van der Waals surface area contributed by atoms with Crippen LogP contribution < -0.4 is 25.2 Å². The number of aliphatic hydroxyl groups excluding tert-OH is 1. The summed E-state index contributed by atoms with van der Waals surface area (Å²) in [5, 5.41) is 25.4. The summed E-state index contributed by atoms with van der Waals surface area (Å²) in [5.74, 6) is -1.33. The molecule has 3 atom stereocenters. The number of thiocarbonyl (C=S) groups is 1. The lowest BCUT2D eigenvalue weighted by atomic mass is 9.85. The number of ether oxygens (including phenoxy) is 6. The van der Waals surface area contributed by atoms with E-state index in [1.165, 1.54) is 11.0 Å². The number of alkyl halides is 3. The number of hydrogen-bond donors (Lipinski definition) is 3. The lowest BCUT2D eigenvalue weighted by molar-refractivity contribution is -0.144. The Kier molecular flexibility index (Phi) is 22.1. The van der Waals surface area contributed by atoms with Gasteiger partial charge in [-0.25, -0.2) is 4.98 Å². The molecular weight excluding hydrogens is 1060 g/mol. The maximum absolute atomic E-state index is 13.9. The van der Waals surface area contributed by atoms with E-state index in [0.29, 0.717) is 57.7 Å². The molecule has 3 aromatic carbocycles. The Bertz CT molecular complexity index is 2710. The number of nitrogens with one attached hydrogen (secondary N) is 2. The first-order chi connectivity index (χ1) is 37.1. The van der Waals surface area contributed by atoms with Gasteiger partial charge in [-0.3, -0.25) is 24.1 Å². The number of carbonyl (C=O) groups is 4. The van der Waals surface area contributed by atoms with E-state index >= 15 is 0 Å². The third-order valence-corrected chi connectivity index (χ3v) is 14.2. The van der Waals surface area contributed by atoms with Crippen LogP contribution in [0.4, 0.5) is 24.5 Å². The van der Waals surface area contributed by atoms with Gasteiger partial charge in [0.1, 0.15) is 36.6 Å². The minimum atomic E-state index is -4.80. The Morgan fingerprint density at radius 3 is 2.04 bits per heavy atom. The number of halogens is 3. The number of benzene rings is 3. The van der Waals surface area contributed by atoms with E-state index in [-0.39, 0.29) is 62.6 Å². The fourth-order valence-electron chi connectivity index (χ4n) is 8.69. The first-order valence-corrected chi connectivity index (χ1v) is 26.9. The Morgan fingerprint density at radius 2 is 1.46 bits per heavy atom. The van der Waals surface area contributed by atoms with Crippen molar-refractivity contribution in [1.29, 1.82) is 5.26 Å². The van der Waals surface area contributed by atoms with Crippen molar-refractivity contribution in [2.75, 3.05) is 89.0 Å². The number of thiazole rings is 1. The Labute approximate surface area is 462 Å². The quantitative estimate of drug-likeness (QED) is 0.0387. The van der Waals surface area contributed by atoms with Crippen LogP contribution in [0.25, 0.3) is 10.4 Å². The van der Waals surface area contributed by atoms with Crippen molar-refractivity contribution >= 4 is 63.7 Å². The molecule has 422 valence electrons. The Morgan fingerprint density at radius 1 is 0.872 bits per heavy atom. The molecule has 18 nitrogen and oxygen atoms in total. The summed E-state index contributed by atoms with van der Waals surface area (Å²) >= 11 is 7.17. The molecule has 1 unspecified atom stereocenters. The first kappa shape index (κ1) is 61.1. The van der Waals surface area contributed by atoms with Gasteiger partial charge in [-0.1, -0.05) is 45.0 Å². The van der Waals surface area contributed by atoms with Crippen LogP contribution in [0.3, 0.4) is 0 Å². The zero-order chi connectivity index (χ0) is 56.6. The molecule has 4 amide bonds. The van der Waals surface area contributed by atoms with Gasteiger partial charge in [-0.05, 0) is 105 Å². The highest BCUT2D eigenvalue weighted by Gasteiger charge is 2.51. The molecule has 0 saturated carbocycles. The molecule has 2 saturated heterocycles. The lowest BCUT2D eigenvalue weighted by Gasteiger charge is -2.35. The number of nitriles is 1. The zero-order valence-corrected chi connectivity index (χ0v) is 46.3. The van der Waals surface area contributed by atoms with E-state index in [4.69, 9.17) is 40.6 Å². The number of hydrogen-bond acceptors (Lipinski definition) is 15. The Balaban J connectivity index is 0.763. The van der Waals surface area contributed by atoms with E-state index in [9.17, 15) is 42.7 Å². The third-order valence-electron chi connectivity index (χ3n) is 12.8. The van der Waals surface area contributed by atoms with Gasteiger partial charge >= 0.3 is 6.18 Å². The molecule has 0 aliphatic carbocycles. The van der Waals surface area contributed by atoms with Crippen molar-refractivity contribution in [3.8, 4) is 22.3 Å². The number of amides is 4. The number of unbranched alkanes of at least 4 members (excludes halogenated alkanes) is 1. The normalized spacial score (nSPS) is 16.9. The SMILES string of the molecule is Cc1ncsc1-c1ccc(CNC(=O)[C@@H]2CC(O)CN2C(=O)[C@@H](NC(=O)COCCOCCOCCCCOCCOCCOc2ccc(N3C(=S)N(c4ccc(C#N)c(C(F)(F)F)c4)C(=O)C3(C)C)cc2)C(C)(C)C)cc1. The number of β-amino-alcohol motifs (C(OH)–C–C–N with tert-alkyl or cyclic N) is 1. The van der Waals surface area contributed by atoms with Crippen molar-refractivity contribution in [2.45, 2.75) is 97.3 Å². The molecule has 4 aromatic rings. The molecule has 0 spiro atoms. The van der Waals surface area contributed by atoms with Crippen molar-refractivity contribution in [3.05, 3.63) is 94.6 Å². The monoisotopic (exact) mass is 1120 g/mol. The average molecular weight is 1120 g/mol. The molecule has 78 heavy (non-hydrogen) atoms. The topological polar surface area (TPSA) is 214 Å². The van der Waals surface area contributed by atoms with Gasteiger partial charge in [-0.15, -0.1) is 11.3 Å². The van der Waals surface area contributed by atoms with Crippen molar-refractivity contribution in [1.82, 2.24) is 20.5 Å². The van der Waals surface area contributed by atoms with Crippen LogP contribution in [0, 0.1) is 23.7 Å². The minimum Gasteiger partial charge on any atom is -0.491 e. The molecule has 2 aliphatic heterocycles. The predicted octanol–water partition coefficient (Wildman–Crippen LogP) is 6.98. The van der Waals surface area contributed by atoms with Crippen LogP contribution in [-0.2, 0) is 55.6 Å². The van der Waals surface area contributed by atoms with Gasteiger partial charge in [0.05, 0.1) is 91.3 Å². The van der Waals surface area contributed by atoms with Gasteiger partial charge < -0.3 is 54.0 Å². The fraction of sp³-hybridized carbons (Fsp3) is 0.509. The molecule has 0 radical (unpaired) electrons. The van der Waals surface area contributed by atoms with E-state index in [2.05, 4.69) is 15.6 Å². The van der Waals surface area contributed by atoms with E-state index < -0.39 is 64.2 Å². The summed E-state index contributed by atoms with van der Waals surface area (Å²) in [6.45, 7) is 14.1. The van der Waals surface area contributed by atoms with Crippen LogP contribution in [0.15, 0.2) is 72.2 Å². The number of anilines is 2. The summed E-state index contributed by atoms with van der Waals surface area (Å²) in [5.41, 5.74) is 1.47. The number of likely N-dealkylation sites (tertiary alicyclic amines) is 1. The van der Waals surface area contributed by atoms with Crippen molar-refractivity contribution in [3.63, 3.8) is 0 Å². The molecule has 6 rings (SSSR count). The van der Waals surface area contributed by atoms with Crippen LogP contribution in [0.1, 0.15) is 76.3 Å². The van der Waals surface area contributed by atoms with Crippen molar-refractivity contribution < 1.29 is 65.9 Å². The Hall–Kier alpha value is -6.10. The molecule has 3 N–H and O–H groups in total. The van der Waals surface area contributed by atoms with E-state index in [1.807, 2.05) is 52.0 Å². The van der Waals surface area contributed by atoms with Crippen LogP contribution in [0.5, 0.6) is 5.75 Å². The summed E-state index contributed by atoms with van der Waals surface area (Å²) in [6.07, 6.45) is -4.03. The van der Waals surface area contributed by atoms with E-state index in [1.54, 1.807) is 65.9 Å². The largest absolute Gasteiger partial charge is 0.491 e. The summed E-state index contributed by atoms with van der Waals surface area (Å²) in [6, 6.07) is 17.3. The minimum absolute atomic E-state index is 0.00644. The van der Waals surface area contributed by atoms with Crippen molar-refractivity contribution in [2.24, 2.45) is 5.41 Å². The summed E-state index contributed by atoms with van der Waals surface area (Å²) in [4.78, 5) is 63.1. The molecule has 2 aliphatic rings. The number of aromatic nitrogens is 1. The first-order valence-electron chi connectivity index (χ1n) is 25.6. The highest BCUT2D eigenvalue weighted by Crippen LogP contribution is 2.40. The van der Waals surface area contributed by atoms with Gasteiger partial charge in [0.25, 0.3) is 5.91 Å². The number of aliphatic hydroxyl groups is 1. The highest BCUT2D eigenvalue weighted by molar-refractivity contribution is 7.81. The molecule has 3 heterocycles. The van der Waals surface area contributed by atoms with Gasteiger partial charge in [-0.2, -0.15) is 18.4 Å². The average Bonchev–Trinajstić information content (AvgIpc) is 4.20. The summed E-state index contributed by atoms with van der Waals surface area (Å²) < 4.78 is 74.8. The standard InChI is InChI=1S/C55H68F3N7O11S2/c1-36-47(78-35-61-36)38-11-9-37(10-12-38)32-60-49(68)45-30-42(66)33-63(45)50(69)48(53(2,3)4)62-46(67)34-75-26-25-73-23-21-71-19-7-8-20-72-22-24-74-27-28-76-43-17-15-40(16-18-43)65-52(77)64(51(70)54(65,5)6)41-14-13-39(31-59)44(29-41)55(56,57)58/h9-18,29,35,42,45,48,66H,7-8,19-28,30,32-34H2,1-6H3,(H,60,68)(H,62,67)/t42?,45-,48+/m0/s1. The molecule has 0 bridgehead atoms. The highest BCUT2D eigenvalue weighted by atomic mass is 32.1. The second kappa shape index (κ2) is 28.2. The molecule has 23 heteroatoms. The number of rotatable bonds is 28. The fourth-order valence-corrected chi connectivity index (χ4v) is 10.0. The van der Waals surface area contributed by atoms with Crippen LogP contribution in [-0.4, -0.2) is 147 Å². The van der Waals surface area contributed by atoms with Crippen LogP contribution in [0.2, 0.25) is 0 Å². The summed E-state index contributed by atoms with van der Waals surface area (Å²) in [7, 11) is 0. The van der Waals surface area contributed by atoms with Crippen LogP contribution >= 0.6 is 23.6 Å². The maximum Gasteiger partial charge on any atom is 0.417 e. The van der Waals surface area contributed by atoms with Gasteiger partial charge in [0, 0.05) is 38.4 Å².